The lowest BCUT2D eigenvalue weighted by molar-refractivity contribution is 0.0995. The average molecular weight is 200 g/mol. The van der Waals surface area contributed by atoms with Crippen LogP contribution in [0.2, 0.25) is 0 Å². The molecule has 0 unspecified atom stereocenters. The molecule has 2 rings (SSSR count). The van der Waals surface area contributed by atoms with Gasteiger partial charge in [-0.2, -0.15) is 4.98 Å². The van der Waals surface area contributed by atoms with Gasteiger partial charge >= 0.3 is 0 Å². The first-order chi connectivity index (χ1) is 6.90. The Kier molecular flexibility index (Phi) is 2.92. The third-order valence-electron chi connectivity index (χ3n) is 1.96. The second-order valence-corrected chi connectivity index (χ2v) is 2.90. The highest BCUT2D eigenvalue weighted by Crippen LogP contribution is 2.11. The zero-order valence-electron chi connectivity index (χ0n) is 7.68. The van der Waals surface area contributed by atoms with Crippen molar-refractivity contribution in [2.75, 3.05) is 31.2 Å². The molecular weight excluding hydrogens is 188 g/mol. The summed E-state index contributed by atoms with van der Waals surface area (Å²) in [6.07, 6.45) is 0. The Morgan fingerprint density at radius 2 is 2.21 bits per heavy atom. The molecule has 78 valence electrons. The Labute approximate surface area is 80.7 Å². The topological polar surface area (TPSA) is 86.6 Å². The number of hydrogen-bond acceptors (Lipinski definition) is 7. The van der Waals surface area contributed by atoms with E-state index in [1.54, 1.807) is 0 Å². The quantitative estimate of drug-likeness (QED) is 0.645. The van der Waals surface area contributed by atoms with Crippen molar-refractivity contribution in [1.29, 1.82) is 0 Å². The van der Waals surface area contributed by atoms with Crippen LogP contribution in [0.25, 0.3) is 0 Å². The maximum absolute atomic E-state index is 5.20. The Morgan fingerprint density at radius 1 is 1.43 bits per heavy atom. The molecule has 0 aromatic carbocycles. The molecule has 0 saturated carbocycles. The highest BCUT2D eigenvalue weighted by Gasteiger charge is 2.16. The van der Waals surface area contributed by atoms with Crippen molar-refractivity contribution in [2.24, 2.45) is 5.90 Å². The van der Waals surface area contributed by atoms with Gasteiger partial charge in [0.1, 0.15) is 6.61 Å². The molecule has 0 amide bonds. The van der Waals surface area contributed by atoms with Crippen molar-refractivity contribution in [1.82, 2.24) is 10.1 Å². The Hall–Kier alpha value is -1.18. The number of nitrogens with zero attached hydrogens (tertiary/aromatic N) is 3. The van der Waals surface area contributed by atoms with Crippen molar-refractivity contribution in [3.63, 3.8) is 0 Å². The van der Waals surface area contributed by atoms with Crippen LogP contribution in [0.3, 0.4) is 0 Å². The standard InChI is InChI=1S/C7H12N4O3/c8-13-5-6-9-7(10-14-6)11-1-3-12-4-2-11/h1-5,8H2. The lowest BCUT2D eigenvalue weighted by Crippen LogP contribution is -2.36. The zero-order chi connectivity index (χ0) is 9.80. The minimum atomic E-state index is 0.136. The van der Waals surface area contributed by atoms with E-state index in [4.69, 9.17) is 15.2 Å². The molecule has 1 aromatic rings. The van der Waals surface area contributed by atoms with E-state index in [2.05, 4.69) is 15.0 Å². The number of ether oxygens (including phenoxy) is 1. The Bertz CT molecular complexity index is 284. The summed E-state index contributed by atoms with van der Waals surface area (Å²) in [6.45, 7) is 3.08. The highest BCUT2D eigenvalue weighted by molar-refractivity contribution is 5.27. The summed E-state index contributed by atoms with van der Waals surface area (Å²) in [4.78, 5) is 10.5. The maximum Gasteiger partial charge on any atom is 0.266 e. The Morgan fingerprint density at radius 3 is 2.93 bits per heavy atom. The van der Waals surface area contributed by atoms with E-state index in [0.717, 1.165) is 13.1 Å². The summed E-state index contributed by atoms with van der Waals surface area (Å²) in [5, 5.41) is 3.81. The van der Waals surface area contributed by atoms with Crippen LogP contribution in [-0.2, 0) is 16.2 Å². The lowest BCUT2D eigenvalue weighted by atomic mass is 10.4. The molecule has 1 aliphatic heterocycles. The molecule has 0 bridgehead atoms. The molecule has 0 spiro atoms. The molecule has 2 N–H and O–H groups in total. The van der Waals surface area contributed by atoms with E-state index in [1.807, 2.05) is 4.90 Å². The first kappa shape index (κ1) is 9.38. The minimum absolute atomic E-state index is 0.136. The largest absolute Gasteiger partial charge is 0.378 e. The van der Waals surface area contributed by atoms with E-state index in [1.165, 1.54) is 0 Å². The van der Waals surface area contributed by atoms with Gasteiger partial charge in [-0.15, -0.1) is 0 Å². The zero-order valence-corrected chi connectivity index (χ0v) is 7.68. The monoisotopic (exact) mass is 200 g/mol. The van der Waals surface area contributed by atoms with Gasteiger partial charge in [-0.1, -0.05) is 0 Å². The van der Waals surface area contributed by atoms with E-state index in [0.29, 0.717) is 25.1 Å². The number of hydrogen-bond donors (Lipinski definition) is 1. The van der Waals surface area contributed by atoms with Gasteiger partial charge in [0.25, 0.3) is 11.8 Å². The first-order valence-corrected chi connectivity index (χ1v) is 4.37. The summed E-state index contributed by atoms with van der Waals surface area (Å²) >= 11 is 0. The van der Waals surface area contributed by atoms with Gasteiger partial charge < -0.3 is 14.2 Å². The molecule has 1 aromatic heterocycles. The predicted molar refractivity (Wildman–Crippen MR) is 46.3 cm³/mol. The van der Waals surface area contributed by atoms with Crippen LogP contribution in [0, 0.1) is 0 Å². The SMILES string of the molecule is NOCc1nc(N2CCOCC2)no1. The van der Waals surface area contributed by atoms with Crippen molar-refractivity contribution >= 4 is 5.95 Å². The Balaban J connectivity index is 2.00. The van der Waals surface area contributed by atoms with Crippen molar-refractivity contribution in [3.05, 3.63) is 5.89 Å². The van der Waals surface area contributed by atoms with Crippen molar-refractivity contribution < 1.29 is 14.1 Å². The normalized spacial score (nSPS) is 17.4. The van der Waals surface area contributed by atoms with Crippen LogP contribution >= 0.6 is 0 Å². The second kappa shape index (κ2) is 4.36. The third-order valence-corrected chi connectivity index (χ3v) is 1.96. The van der Waals surface area contributed by atoms with Crippen molar-refractivity contribution in [2.45, 2.75) is 6.61 Å². The molecule has 1 fully saturated rings. The van der Waals surface area contributed by atoms with E-state index >= 15 is 0 Å². The molecule has 0 radical (unpaired) electrons. The van der Waals surface area contributed by atoms with Gasteiger partial charge in [-0.05, 0) is 5.16 Å². The van der Waals surface area contributed by atoms with Crippen LogP contribution < -0.4 is 10.8 Å². The van der Waals surface area contributed by atoms with Gasteiger partial charge in [0.2, 0.25) is 0 Å². The van der Waals surface area contributed by atoms with Crippen LogP contribution in [0.4, 0.5) is 5.95 Å². The molecule has 0 atom stereocenters. The van der Waals surface area contributed by atoms with Crippen LogP contribution in [0.1, 0.15) is 5.89 Å². The number of nitrogens with two attached hydrogens (primary N) is 1. The molecule has 14 heavy (non-hydrogen) atoms. The van der Waals surface area contributed by atoms with Gasteiger partial charge in [0, 0.05) is 13.1 Å². The third kappa shape index (κ3) is 2.00. The van der Waals surface area contributed by atoms with Gasteiger partial charge in [-0.3, -0.25) is 4.84 Å². The summed E-state index contributed by atoms with van der Waals surface area (Å²) in [5.41, 5.74) is 0. The summed E-state index contributed by atoms with van der Waals surface area (Å²) in [7, 11) is 0. The molecule has 7 heteroatoms. The van der Waals surface area contributed by atoms with Gasteiger partial charge in [-0.25, -0.2) is 5.90 Å². The van der Waals surface area contributed by atoms with E-state index in [-0.39, 0.29) is 6.61 Å². The van der Waals surface area contributed by atoms with E-state index < -0.39 is 0 Å². The highest BCUT2D eigenvalue weighted by atomic mass is 16.6. The number of rotatable bonds is 3. The van der Waals surface area contributed by atoms with Gasteiger partial charge in [0.05, 0.1) is 13.2 Å². The second-order valence-electron chi connectivity index (χ2n) is 2.90. The predicted octanol–water partition coefficient (Wildman–Crippen LogP) is -0.704. The summed E-state index contributed by atoms with van der Waals surface area (Å²) in [5.74, 6) is 5.84. The number of anilines is 1. The molecule has 7 nitrogen and oxygen atoms in total. The number of aromatic nitrogens is 2. The summed E-state index contributed by atoms with van der Waals surface area (Å²) < 4.78 is 10.1. The fourth-order valence-electron chi connectivity index (χ4n) is 1.27. The average Bonchev–Trinajstić information content (AvgIpc) is 2.68. The molecule has 1 aliphatic rings. The fourth-order valence-corrected chi connectivity index (χ4v) is 1.27. The number of morpholine rings is 1. The van der Waals surface area contributed by atoms with Crippen molar-refractivity contribution in [3.8, 4) is 0 Å². The van der Waals surface area contributed by atoms with Gasteiger partial charge in [0.15, 0.2) is 0 Å². The lowest BCUT2D eigenvalue weighted by Gasteiger charge is -2.24. The molecule has 1 saturated heterocycles. The molecule has 0 aliphatic carbocycles. The maximum atomic E-state index is 5.20. The van der Waals surface area contributed by atoms with Crippen LogP contribution in [0.5, 0.6) is 0 Å². The molecular formula is C7H12N4O3. The fraction of sp³-hybridized carbons (Fsp3) is 0.714. The smallest absolute Gasteiger partial charge is 0.266 e. The molecule has 2 heterocycles. The summed E-state index contributed by atoms with van der Waals surface area (Å²) in [6, 6.07) is 0. The minimum Gasteiger partial charge on any atom is -0.378 e. The van der Waals surface area contributed by atoms with Crippen LogP contribution in [-0.4, -0.2) is 36.4 Å². The van der Waals surface area contributed by atoms with Crippen LogP contribution in [0.15, 0.2) is 4.52 Å². The van der Waals surface area contributed by atoms with E-state index in [9.17, 15) is 0 Å². The first-order valence-electron chi connectivity index (χ1n) is 4.37.